The average molecular weight is 523 g/mol. The van der Waals surface area contributed by atoms with E-state index in [1.807, 2.05) is 36.4 Å². The predicted molar refractivity (Wildman–Crippen MR) is 150 cm³/mol. The van der Waals surface area contributed by atoms with E-state index in [2.05, 4.69) is 48.7 Å². The van der Waals surface area contributed by atoms with E-state index in [1.54, 1.807) is 0 Å². The van der Waals surface area contributed by atoms with E-state index < -0.39 is 11.6 Å². The molecular formula is C32H46N2O4. The van der Waals surface area contributed by atoms with Crippen LogP contribution >= 0.6 is 0 Å². The summed E-state index contributed by atoms with van der Waals surface area (Å²) in [6.45, 7) is 7.86. The fourth-order valence-electron chi connectivity index (χ4n) is 6.31. The van der Waals surface area contributed by atoms with Gasteiger partial charge in [0.25, 0.3) is 0 Å². The normalized spacial score (nSPS) is 35.4. The van der Waals surface area contributed by atoms with Gasteiger partial charge in [-0.3, -0.25) is 0 Å². The van der Waals surface area contributed by atoms with Gasteiger partial charge in [0, 0.05) is 36.1 Å². The standard InChI is InChI=1S/2C16H23NO2/c2*1-2-16(13-8-4-3-5-9-13)18-12-15(19-16)14-10-6-7-11-17-14/h2*3-5,8-9,14-15,17H,2,6-7,10-12H2,1H3/t14-,15-,16+;14-,15-,16-/m11/s1. The molecule has 0 radical (unpaired) electrons. The molecule has 38 heavy (non-hydrogen) atoms. The van der Waals surface area contributed by atoms with Crippen LogP contribution < -0.4 is 10.6 Å². The minimum Gasteiger partial charge on any atom is -0.343 e. The largest absolute Gasteiger partial charge is 0.343 e. The molecule has 6 heteroatoms. The maximum Gasteiger partial charge on any atom is 0.195 e. The molecule has 4 fully saturated rings. The molecule has 6 atom stereocenters. The lowest BCUT2D eigenvalue weighted by atomic mass is 10.00. The molecule has 6 nitrogen and oxygen atoms in total. The van der Waals surface area contributed by atoms with Crippen LogP contribution in [0.25, 0.3) is 0 Å². The molecule has 0 unspecified atom stereocenters. The van der Waals surface area contributed by atoms with Crippen molar-refractivity contribution in [1.82, 2.24) is 10.6 Å². The van der Waals surface area contributed by atoms with Crippen molar-refractivity contribution in [1.29, 1.82) is 0 Å². The Morgan fingerprint density at radius 3 is 1.39 bits per heavy atom. The van der Waals surface area contributed by atoms with Gasteiger partial charge in [-0.2, -0.15) is 0 Å². The second kappa shape index (κ2) is 13.0. The smallest absolute Gasteiger partial charge is 0.195 e. The summed E-state index contributed by atoms with van der Waals surface area (Å²) in [5, 5.41) is 7.14. The van der Waals surface area contributed by atoms with Crippen LogP contribution in [-0.2, 0) is 30.5 Å². The van der Waals surface area contributed by atoms with Crippen LogP contribution in [0.2, 0.25) is 0 Å². The Labute approximate surface area is 228 Å². The maximum absolute atomic E-state index is 6.34. The summed E-state index contributed by atoms with van der Waals surface area (Å²) in [6, 6.07) is 21.5. The van der Waals surface area contributed by atoms with Crippen LogP contribution in [-0.4, -0.2) is 50.6 Å². The van der Waals surface area contributed by atoms with Crippen molar-refractivity contribution in [3.05, 3.63) is 71.8 Å². The highest BCUT2D eigenvalue weighted by molar-refractivity contribution is 5.22. The summed E-state index contributed by atoms with van der Waals surface area (Å²) in [6.07, 6.45) is 9.60. The Hall–Kier alpha value is -1.80. The maximum atomic E-state index is 6.34. The zero-order valence-corrected chi connectivity index (χ0v) is 23.2. The zero-order valence-electron chi connectivity index (χ0n) is 23.2. The lowest BCUT2D eigenvalue weighted by Crippen LogP contribution is -2.45. The molecule has 0 aliphatic carbocycles. The minimum atomic E-state index is -0.537. The molecule has 4 heterocycles. The fraction of sp³-hybridized carbons (Fsp3) is 0.625. The number of nitrogens with one attached hydrogen (secondary N) is 2. The lowest BCUT2D eigenvalue weighted by Gasteiger charge is -2.31. The van der Waals surface area contributed by atoms with Crippen LogP contribution in [0.4, 0.5) is 0 Å². The monoisotopic (exact) mass is 522 g/mol. The Morgan fingerprint density at radius 1 is 0.632 bits per heavy atom. The SMILES string of the molecule is CC[C@@]1(c2ccccc2)OC[C@H]([C@H]2CCCCN2)O1.CC[C@]1(c2ccccc2)OC[C@H]([C@H]2CCCCN2)O1. The Morgan fingerprint density at radius 2 is 1.05 bits per heavy atom. The number of rotatable bonds is 6. The summed E-state index contributed by atoms with van der Waals surface area (Å²) >= 11 is 0. The molecule has 0 saturated carbocycles. The molecule has 0 spiro atoms. The number of hydrogen-bond acceptors (Lipinski definition) is 6. The van der Waals surface area contributed by atoms with Crippen molar-refractivity contribution in [2.24, 2.45) is 0 Å². The van der Waals surface area contributed by atoms with Crippen molar-refractivity contribution >= 4 is 0 Å². The molecule has 2 N–H and O–H groups in total. The number of ether oxygens (including phenoxy) is 4. The van der Waals surface area contributed by atoms with Gasteiger partial charge in [-0.05, 0) is 38.8 Å². The first-order valence-electron chi connectivity index (χ1n) is 14.9. The van der Waals surface area contributed by atoms with Gasteiger partial charge in [-0.25, -0.2) is 0 Å². The second-order valence-corrected chi connectivity index (χ2v) is 11.0. The first-order valence-corrected chi connectivity index (χ1v) is 14.9. The summed E-state index contributed by atoms with van der Waals surface area (Å²) in [5.41, 5.74) is 2.27. The predicted octanol–water partition coefficient (Wildman–Crippen LogP) is 5.61. The quantitative estimate of drug-likeness (QED) is 0.514. The number of piperidine rings is 2. The van der Waals surface area contributed by atoms with Gasteiger partial charge in [0.2, 0.25) is 0 Å². The summed E-state index contributed by atoms with van der Waals surface area (Å²) in [4.78, 5) is 0. The van der Waals surface area contributed by atoms with Crippen LogP contribution in [0.1, 0.15) is 76.3 Å². The topological polar surface area (TPSA) is 61.0 Å². The molecule has 0 aromatic heterocycles. The average Bonchev–Trinajstić information content (AvgIpc) is 3.66. The van der Waals surface area contributed by atoms with Crippen molar-refractivity contribution < 1.29 is 18.9 Å². The molecule has 2 aromatic rings. The highest BCUT2D eigenvalue weighted by Crippen LogP contribution is 2.40. The van der Waals surface area contributed by atoms with Gasteiger partial charge in [0.15, 0.2) is 11.6 Å². The van der Waals surface area contributed by atoms with Crippen LogP contribution in [0, 0.1) is 0 Å². The first-order chi connectivity index (χ1) is 18.7. The van der Waals surface area contributed by atoms with Crippen molar-refractivity contribution in [2.45, 2.75) is 101 Å². The lowest BCUT2D eigenvalue weighted by molar-refractivity contribution is -0.182. The van der Waals surface area contributed by atoms with E-state index in [0.29, 0.717) is 25.3 Å². The third kappa shape index (κ3) is 6.16. The van der Waals surface area contributed by atoms with Crippen LogP contribution in [0.15, 0.2) is 60.7 Å². The number of benzene rings is 2. The number of hydrogen-bond donors (Lipinski definition) is 2. The summed E-state index contributed by atoms with van der Waals surface area (Å²) in [5.74, 6) is -1.07. The highest BCUT2D eigenvalue weighted by Gasteiger charge is 2.45. The Bertz CT molecular complexity index is 884. The van der Waals surface area contributed by atoms with Gasteiger partial charge < -0.3 is 29.6 Å². The van der Waals surface area contributed by atoms with Crippen molar-refractivity contribution in [3.63, 3.8) is 0 Å². The van der Waals surface area contributed by atoms with E-state index in [9.17, 15) is 0 Å². The molecule has 0 bridgehead atoms. The van der Waals surface area contributed by atoms with Crippen molar-refractivity contribution in [3.8, 4) is 0 Å². The third-order valence-corrected chi connectivity index (χ3v) is 8.60. The molecule has 0 amide bonds. The highest BCUT2D eigenvalue weighted by atomic mass is 16.8. The van der Waals surface area contributed by atoms with E-state index in [0.717, 1.165) is 37.1 Å². The summed E-state index contributed by atoms with van der Waals surface area (Å²) in [7, 11) is 0. The van der Waals surface area contributed by atoms with Gasteiger partial charge in [-0.15, -0.1) is 0 Å². The molecule has 4 aliphatic rings. The van der Waals surface area contributed by atoms with E-state index in [-0.39, 0.29) is 12.2 Å². The molecule has 6 rings (SSSR count). The third-order valence-electron chi connectivity index (χ3n) is 8.60. The van der Waals surface area contributed by atoms with E-state index in [1.165, 1.54) is 38.5 Å². The van der Waals surface area contributed by atoms with Crippen LogP contribution in [0.3, 0.4) is 0 Å². The zero-order chi connectivity index (χ0) is 26.3. The van der Waals surface area contributed by atoms with Crippen LogP contribution in [0.5, 0.6) is 0 Å². The van der Waals surface area contributed by atoms with E-state index in [4.69, 9.17) is 18.9 Å². The molecular weight excluding hydrogens is 476 g/mol. The van der Waals surface area contributed by atoms with Crippen molar-refractivity contribution in [2.75, 3.05) is 26.3 Å². The van der Waals surface area contributed by atoms with E-state index >= 15 is 0 Å². The Balaban J connectivity index is 0.000000155. The molecule has 208 valence electrons. The molecule has 4 saturated heterocycles. The first kappa shape index (κ1) is 27.8. The Kier molecular flexibility index (Phi) is 9.52. The van der Waals surface area contributed by atoms with Gasteiger partial charge in [0.1, 0.15) is 12.2 Å². The fourth-order valence-corrected chi connectivity index (χ4v) is 6.31. The summed E-state index contributed by atoms with van der Waals surface area (Å²) < 4.78 is 24.8. The molecule has 2 aromatic carbocycles. The minimum absolute atomic E-state index is 0.181. The van der Waals surface area contributed by atoms with Gasteiger partial charge in [-0.1, -0.05) is 87.4 Å². The molecule has 4 aliphatic heterocycles. The van der Waals surface area contributed by atoms with Gasteiger partial charge in [0.05, 0.1) is 13.2 Å². The second-order valence-electron chi connectivity index (χ2n) is 11.0. The van der Waals surface area contributed by atoms with Gasteiger partial charge >= 0.3 is 0 Å².